The maximum Gasteiger partial charge on any atom is 0.312 e. The van der Waals surface area contributed by atoms with E-state index in [-0.39, 0.29) is 25.0 Å². The number of aliphatic hydroxyl groups excluding tert-OH is 1. The minimum Gasteiger partial charge on any atom is -0.465 e. The predicted octanol–water partition coefficient (Wildman–Crippen LogP) is 3.25. The third kappa shape index (κ3) is 4.80. The fraction of sp³-hybridized carbons (Fsp3) is 0.567. The number of fused-ring (bicyclic) bond motifs is 1. The smallest absolute Gasteiger partial charge is 0.312 e. The van der Waals surface area contributed by atoms with E-state index < -0.39 is 35.0 Å². The Hall–Kier alpha value is -2.97. The lowest BCUT2D eigenvalue weighted by atomic mass is 9.65. The summed E-state index contributed by atoms with van der Waals surface area (Å²) in [5.41, 5.74) is -0.954. The highest BCUT2D eigenvalue weighted by Crippen LogP contribution is 2.64. The maximum absolute atomic E-state index is 14.4. The second-order valence-corrected chi connectivity index (χ2v) is 10.5. The number of rotatable bonds is 14. The molecule has 3 aliphatic heterocycles. The summed E-state index contributed by atoms with van der Waals surface area (Å²) >= 11 is 0. The number of nitrogens with zero attached hydrogens (tertiary/aromatic N) is 2. The lowest BCUT2D eigenvalue weighted by molar-refractivity contribution is -0.162. The van der Waals surface area contributed by atoms with Gasteiger partial charge >= 0.3 is 5.97 Å². The monoisotopic (exact) mass is 524 g/mol. The zero-order valence-electron chi connectivity index (χ0n) is 22.3. The van der Waals surface area contributed by atoms with Crippen LogP contribution in [0.1, 0.15) is 51.0 Å². The predicted molar refractivity (Wildman–Crippen MR) is 143 cm³/mol. The van der Waals surface area contributed by atoms with E-state index in [2.05, 4.69) is 13.2 Å². The van der Waals surface area contributed by atoms with Gasteiger partial charge < -0.3 is 24.4 Å². The Kier molecular flexibility index (Phi) is 8.73. The van der Waals surface area contributed by atoms with Gasteiger partial charge in [0.1, 0.15) is 17.6 Å². The van der Waals surface area contributed by atoms with Crippen LogP contribution >= 0.6 is 0 Å². The maximum atomic E-state index is 14.4. The van der Waals surface area contributed by atoms with E-state index in [0.717, 1.165) is 5.56 Å². The molecule has 0 radical (unpaired) electrons. The Morgan fingerprint density at radius 2 is 1.97 bits per heavy atom. The van der Waals surface area contributed by atoms with E-state index in [1.165, 1.54) is 0 Å². The van der Waals surface area contributed by atoms with Crippen LogP contribution in [0.15, 0.2) is 55.6 Å². The molecule has 8 nitrogen and oxygen atoms in total. The molecule has 3 saturated heterocycles. The first kappa shape index (κ1) is 28.0. The van der Waals surface area contributed by atoms with Crippen LogP contribution in [-0.4, -0.2) is 76.2 Å². The third-order valence-electron chi connectivity index (χ3n) is 8.42. The van der Waals surface area contributed by atoms with Crippen LogP contribution in [0.4, 0.5) is 0 Å². The van der Waals surface area contributed by atoms with Crippen LogP contribution < -0.4 is 0 Å². The van der Waals surface area contributed by atoms with E-state index in [1.807, 2.05) is 37.3 Å². The Labute approximate surface area is 225 Å². The van der Waals surface area contributed by atoms with Crippen molar-refractivity contribution in [3.05, 3.63) is 61.2 Å². The summed E-state index contributed by atoms with van der Waals surface area (Å²) in [5, 5.41) is 9.37. The van der Waals surface area contributed by atoms with Gasteiger partial charge in [-0.15, -0.1) is 13.2 Å². The number of esters is 1. The molecule has 1 aromatic rings. The average Bonchev–Trinajstić information content (AvgIpc) is 3.53. The number of amides is 2. The van der Waals surface area contributed by atoms with Crippen molar-refractivity contribution in [1.82, 2.24) is 9.80 Å². The quantitative estimate of drug-likeness (QED) is 0.228. The molecule has 5 atom stereocenters. The SMILES string of the molecule is C=CCCOC(=O)[C@@H]1[C@H]2C(=O)N(CCCCO)C(C(=O)N(CC=C)Cc3ccccc3)C23CC[C@@]1(CC)O3. The van der Waals surface area contributed by atoms with E-state index in [9.17, 15) is 19.5 Å². The molecule has 2 amide bonds. The van der Waals surface area contributed by atoms with Gasteiger partial charge in [-0.3, -0.25) is 14.4 Å². The van der Waals surface area contributed by atoms with Crippen molar-refractivity contribution in [3.8, 4) is 0 Å². The first-order chi connectivity index (χ1) is 18.4. The Bertz CT molecular complexity index is 1040. The van der Waals surface area contributed by atoms with Crippen molar-refractivity contribution < 1.29 is 29.0 Å². The summed E-state index contributed by atoms with van der Waals surface area (Å²) in [7, 11) is 0. The number of unbranched alkanes of at least 4 members (excludes halogenated alkanes) is 1. The van der Waals surface area contributed by atoms with Crippen LogP contribution in [0.5, 0.6) is 0 Å². The molecule has 206 valence electrons. The van der Waals surface area contributed by atoms with Gasteiger partial charge in [-0.05, 0) is 44.1 Å². The number of benzene rings is 1. The van der Waals surface area contributed by atoms with Crippen molar-refractivity contribution in [3.63, 3.8) is 0 Å². The molecule has 0 saturated carbocycles. The highest BCUT2D eigenvalue weighted by Gasteiger charge is 2.79. The van der Waals surface area contributed by atoms with Crippen LogP contribution in [0.3, 0.4) is 0 Å². The summed E-state index contributed by atoms with van der Waals surface area (Å²) in [6.45, 7) is 10.7. The summed E-state index contributed by atoms with van der Waals surface area (Å²) < 4.78 is 12.4. The second kappa shape index (κ2) is 11.8. The Balaban J connectivity index is 1.72. The van der Waals surface area contributed by atoms with Crippen molar-refractivity contribution >= 4 is 17.8 Å². The summed E-state index contributed by atoms with van der Waals surface area (Å²) in [6.07, 6.45) is 6.59. The standard InChI is InChI=1S/C30H40N2O6/c1-4-7-20-37-28(36)24-23-26(34)32(18-11-12-19-33)25(30(23)16-15-29(24,6-3)38-30)27(35)31(17-5-2)21-22-13-9-8-10-14-22/h4-5,8-10,13-14,23-25,33H,1-2,6-7,11-12,15-21H2,3H3/t23-,24-,25?,29+,30?/m0/s1. The molecule has 3 fully saturated rings. The van der Waals surface area contributed by atoms with Gasteiger partial charge in [-0.25, -0.2) is 0 Å². The highest BCUT2D eigenvalue weighted by atomic mass is 16.6. The van der Waals surface area contributed by atoms with Crippen LogP contribution in [-0.2, 0) is 30.4 Å². The number of carbonyl (C=O) groups is 3. The molecule has 0 aromatic heterocycles. The molecule has 1 N–H and O–H groups in total. The van der Waals surface area contributed by atoms with Crippen molar-refractivity contribution in [2.24, 2.45) is 11.8 Å². The van der Waals surface area contributed by atoms with Gasteiger partial charge in [0.15, 0.2) is 0 Å². The molecule has 3 aliphatic rings. The molecular formula is C30H40N2O6. The first-order valence-electron chi connectivity index (χ1n) is 13.7. The normalized spacial score (nSPS) is 29.3. The average molecular weight is 525 g/mol. The van der Waals surface area contributed by atoms with E-state index in [0.29, 0.717) is 58.2 Å². The lowest BCUT2D eigenvalue weighted by Crippen LogP contribution is -2.56. The van der Waals surface area contributed by atoms with Crippen molar-refractivity contribution in [1.29, 1.82) is 0 Å². The second-order valence-electron chi connectivity index (χ2n) is 10.5. The van der Waals surface area contributed by atoms with Gasteiger partial charge in [0.25, 0.3) is 0 Å². The molecule has 1 aromatic carbocycles. The lowest BCUT2D eigenvalue weighted by Gasteiger charge is -2.37. The Morgan fingerprint density at radius 1 is 1.21 bits per heavy atom. The summed E-state index contributed by atoms with van der Waals surface area (Å²) in [4.78, 5) is 45.2. The van der Waals surface area contributed by atoms with E-state index in [4.69, 9.17) is 9.47 Å². The first-order valence-corrected chi connectivity index (χ1v) is 13.7. The molecule has 38 heavy (non-hydrogen) atoms. The minimum absolute atomic E-state index is 0.000485. The minimum atomic E-state index is -1.10. The number of carbonyl (C=O) groups excluding carboxylic acids is 3. The van der Waals surface area contributed by atoms with Crippen LogP contribution in [0, 0.1) is 11.8 Å². The van der Waals surface area contributed by atoms with Crippen molar-refractivity contribution in [2.75, 3.05) is 26.3 Å². The van der Waals surface area contributed by atoms with Crippen molar-refractivity contribution in [2.45, 2.75) is 69.2 Å². The van der Waals surface area contributed by atoms with Gasteiger partial charge in [-0.1, -0.05) is 49.4 Å². The molecule has 4 rings (SSSR count). The highest BCUT2D eigenvalue weighted by molar-refractivity contribution is 5.98. The fourth-order valence-electron chi connectivity index (χ4n) is 6.69. The summed E-state index contributed by atoms with van der Waals surface area (Å²) in [6, 6.07) is 8.84. The molecule has 3 heterocycles. The molecule has 8 heteroatoms. The number of likely N-dealkylation sites (tertiary alicyclic amines) is 1. The summed E-state index contributed by atoms with van der Waals surface area (Å²) in [5.74, 6) is -2.43. The topological polar surface area (TPSA) is 96.4 Å². The van der Waals surface area contributed by atoms with Gasteiger partial charge in [-0.2, -0.15) is 0 Å². The molecule has 2 unspecified atom stereocenters. The third-order valence-corrected chi connectivity index (χ3v) is 8.42. The number of aliphatic hydroxyl groups is 1. The number of hydrogen-bond donors (Lipinski definition) is 1. The molecule has 0 aliphatic carbocycles. The van der Waals surface area contributed by atoms with Crippen LogP contribution in [0.2, 0.25) is 0 Å². The molecule has 2 bridgehead atoms. The van der Waals surface area contributed by atoms with Crippen LogP contribution in [0.25, 0.3) is 0 Å². The zero-order valence-corrected chi connectivity index (χ0v) is 22.3. The largest absolute Gasteiger partial charge is 0.465 e. The van der Waals surface area contributed by atoms with Gasteiger partial charge in [0.2, 0.25) is 11.8 Å². The molecular weight excluding hydrogens is 484 g/mol. The fourth-order valence-corrected chi connectivity index (χ4v) is 6.69. The van der Waals surface area contributed by atoms with Gasteiger partial charge in [0.05, 0.1) is 18.1 Å². The van der Waals surface area contributed by atoms with Gasteiger partial charge in [0, 0.05) is 26.2 Å². The zero-order chi connectivity index (χ0) is 27.3. The molecule has 1 spiro atoms. The number of hydrogen-bond acceptors (Lipinski definition) is 6. The number of ether oxygens (including phenoxy) is 2. The van der Waals surface area contributed by atoms with E-state index in [1.54, 1.807) is 22.0 Å². The Morgan fingerprint density at radius 3 is 2.63 bits per heavy atom. The van der Waals surface area contributed by atoms with E-state index >= 15 is 0 Å².